The molecule has 2 aromatic carbocycles. The number of nitrogens with zero attached hydrogens (tertiary/aromatic N) is 1. The maximum atomic E-state index is 11.6. The summed E-state index contributed by atoms with van der Waals surface area (Å²) in [6, 6.07) is 11.6. The maximum absolute atomic E-state index is 11.6. The van der Waals surface area contributed by atoms with Gasteiger partial charge < -0.3 is 9.73 Å². The van der Waals surface area contributed by atoms with Crippen molar-refractivity contribution in [3.05, 3.63) is 63.5 Å². The van der Waals surface area contributed by atoms with E-state index in [2.05, 4.69) is 36.3 Å². The Morgan fingerprint density at radius 1 is 1.04 bits per heavy atom. The van der Waals surface area contributed by atoms with Crippen LogP contribution >= 0.6 is 11.3 Å². The molecule has 0 amide bonds. The van der Waals surface area contributed by atoms with Crippen molar-refractivity contribution >= 4 is 43.3 Å². The molecule has 0 spiro atoms. The lowest BCUT2D eigenvalue weighted by Gasteiger charge is -2.05. The molecule has 1 N–H and O–H groups in total. The van der Waals surface area contributed by atoms with Crippen LogP contribution in [0.5, 0.6) is 0 Å². The monoisotopic (exact) mass is 336 g/mol. The molecule has 0 radical (unpaired) electrons. The van der Waals surface area contributed by atoms with E-state index < -0.39 is 0 Å². The number of hydrogen-bond acceptors (Lipinski definition) is 5. The largest absolute Gasteiger partial charge is 0.423 e. The van der Waals surface area contributed by atoms with Gasteiger partial charge in [-0.3, -0.25) is 0 Å². The van der Waals surface area contributed by atoms with E-state index in [1.54, 1.807) is 11.3 Å². The molecule has 2 aromatic heterocycles. The number of thiazole rings is 1. The molecular weight excluding hydrogens is 320 g/mol. The zero-order valence-corrected chi connectivity index (χ0v) is 14.5. The Bertz CT molecular complexity index is 1140. The zero-order valence-electron chi connectivity index (χ0n) is 13.6. The molecule has 0 atom stereocenters. The minimum Gasteiger partial charge on any atom is -0.423 e. The van der Waals surface area contributed by atoms with Gasteiger partial charge in [0.1, 0.15) is 5.58 Å². The van der Waals surface area contributed by atoms with Crippen molar-refractivity contribution in [1.82, 2.24) is 4.98 Å². The Kier molecular flexibility index (Phi) is 3.39. The lowest BCUT2D eigenvalue weighted by atomic mass is 10.1. The average molecular weight is 336 g/mol. The smallest absolute Gasteiger partial charge is 0.336 e. The molecular formula is C19H16N2O2S. The molecule has 2 heterocycles. The van der Waals surface area contributed by atoms with Crippen LogP contribution in [-0.2, 0) is 0 Å². The molecule has 0 saturated carbocycles. The standard InChI is InChI=1S/C19H16N2O2S/c1-10-6-12(3)18-16(7-10)24-19(21-18)20-13-4-5-14-11(2)8-17(22)23-15(14)9-13/h4-9H,1-3H3,(H,20,21). The summed E-state index contributed by atoms with van der Waals surface area (Å²) in [6.45, 7) is 6.07. The van der Waals surface area contributed by atoms with Gasteiger partial charge in [-0.1, -0.05) is 17.4 Å². The molecule has 0 aliphatic rings. The summed E-state index contributed by atoms with van der Waals surface area (Å²) in [5.41, 5.74) is 5.45. The van der Waals surface area contributed by atoms with Gasteiger partial charge in [0, 0.05) is 23.2 Å². The lowest BCUT2D eigenvalue weighted by molar-refractivity contribution is 0.560. The minimum atomic E-state index is -0.330. The van der Waals surface area contributed by atoms with Gasteiger partial charge in [-0.2, -0.15) is 0 Å². The van der Waals surface area contributed by atoms with E-state index in [0.29, 0.717) is 5.58 Å². The second-order valence-electron chi connectivity index (χ2n) is 6.03. The zero-order chi connectivity index (χ0) is 16.8. The van der Waals surface area contributed by atoms with Crippen LogP contribution < -0.4 is 10.9 Å². The summed E-state index contributed by atoms with van der Waals surface area (Å²) in [6.07, 6.45) is 0. The molecule has 0 aliphatic carbocycles. The van der Waals surface area contributed by atoms with E-state index in [1.807, 2.05) is 25.1 Å². The number of nitrogens with one attached hydrogen (secondary N) is 1. The van der Waals surface area contributed by atoms with Gasteiger partial charge in [0.2, 0.25) is 0 Å². The van der Waals surface area contributed by atoms with Crippen LogP contribution in [0.1, 0.15) is 16.7 Å². The van der Waals surface area contributed by atoms with Crippen molar-refractivity contribution in [2.75, 3.05) is 5.32 Å². The molecule has 4 nitrogen and oxygen atoms in total. The first kappa shape index (κ1) is 14.9. The van der Waals surface area contributed by atoms with Gasteiger partial charge in [-0.15, -0.1) is 0 Å². The van der Waals surface area contributed by atoms with Crippen LogP contribution in [0.2, 0.25) is 0 Å². The van der Waals surface area contributed by atoms with E-state index in [1.165, 1.54) is 17.2 Å². The van der Waals surface area contributed by atoms with Gasteiger partial charge in [0.15, 0.2) is 5.13 Å². The van der Waals surface area contributed by atoms with Crippen molar-refractivity contribution in [2.24, 2.45) is 0 Å². The van der Waals surface area contributed by atoms with E-state index in [4.69, 9.17) is 4.42 Å². The van der Waals surface area contributed by atoms with Gasteiger partial charge in [0.25, 0.3) is 0 Å². The molecule has 24 heavy (non-hydrogen) atoms. The maximum Gasteiger partial charge on any atom is 0.336 e. The predicted octanol–water partition coefficient (Wildman–Crippen LogP) is 5.07. The summed E-state index contributed by atoms with van der Waals surface area (Å²) in [5, 5.41) is 5.08. The Morgan fingerprint density at radius 3 is 2.71 bits per heavy atom. The van der Waals surface area contributed by atoms with Crippen LogP contribution in [-0.4, -0.2) is 4.98 Å². The van der Waals surface area contributed by atoms with E-state index in [9.17, 15) is 4.79 Å². The fourth-order valence-electron chi connectivity index (χ4n) is 2.95. The summed E-state index contributed by atoms with van der Waals surface area (Å²) < 4.78 is 6.47. The molecule has 4 aromatic rings. The van der Waals surface area contributed by atoms with Crippen LogP contribution in [0, 0.1) is 20.8 Å². The summed E-state index contributed by atoms with van der Waals surface area (Å²) in [7, 11) is 0. The Morgan fingerprint density at radius 2 is 1.88 bits per heavy atom. The third kappa shape index (κ3) is 2.57. The number of anilines is 2. The van der Waals surface area contributed by atoms with E-state index in [0.717, 1.165) is 32.0 Å². The molecule has 0 saturated heterocycles. The number of benzene rings is 2. The number of aromatic nitrogens is 1. The predicted molar refractivity (Wildman–Crippen MR) is 99.6 cm³/mol. The Hall–Kier alpha value is -2.66. The molecule has 5 heteroatoms. The highest BCUT2D eigenvalue weighted by molar-refractivity contribution is 7.22. The van der Waals surface area contributed by atoms with Crippen molar-refractivity contribution < 1.29 is 4.42 Å². The number of fused-ring (bicyclic) bond motifs is 2. The van der Waals surface area contributed by atoms with Crippen LogP contribution in [0.3, 0.4) is 0 Å². The number of hydrogen-bond donors (Lipinski definition) is 1. The van der Waals surface area contributed by atoms with Gasteiger partial charge >= 0.3 is 5.63 Å². The van der Waals surface area contributed by atoms with Crippen molar-refractivity contribution in [3.63, 3.8) is 0 Å². The van der Waals surface area contributed by atoms with Gasteiger partial charge in [-0.05, 0) is 55.7 Å². The third-order valence-corrected chi connectivity index (χ3v) is 4.95. The average Bonchev–Trinajstić information content (AvgIpc) is 2.89. The SMILES string of the molecule is Cc1cc(C)c2nc(Nc3ccc4c(C)cc(=O)oc4c3)sc2c1. The van der Waals surface area contributed by atoms with E-state index in [-0.39, 0.29) is 5.63 Å². The molecule has 4 rings (SSSR count). The fourth-order valence-corrected chi connectivity index (χ4v) is 4.01. The Balaban J connectivity index is 1.76. The topological polar surface area (TPSA) is 55.1 Å². The third-order valence-electron chi connectivity index (χ3n) is 4.03. The number of rotatable bonds is 2. The van der Waals surface area contributed by atoms with E-state index >= 15 is 0 Å². The summed E-state index contributed by atoms with van der Waals surface area (Å²) in [5.74, 6) is 0. The highest BCUT2D eigenvalue weighted by atomic mass is 32.1. The first-order valence-corrected chi connectivity index (χ1v) is 8.50. The molecule has 120 valence electrons. The second kappa shape index (κ2) is 5.46. The van der Waals surface area contributed by atoms with Gasteiger partial charge in [0.05, 0.1) is 10.2 Å². The number of aryl methyl sites for hydroxylation is 3. The normalized spacial score (nSPS) is 11.3. The second-order valence-corrected chi connectivity index (χ2v) is 7.06. The molecule has 0 unspecified atom stereocenters. The highest BCUT2D eigenvalue weighted by Gasteiger charge is 2.09. The van der Waals surface area contributed by atoms with Crippen molar-refractivity contribution in [2.45, 2.75) is 20.8 Å². The first-order chi connectivity index (χ1) is 11.5. The molecule has 0 bridgehead atoms. The minimum absolute atomic E-state index is 0.330. The summed E-state index contributed by atoms with van der Waals surface area (Å²) in [4.78, 5) is 16.2. The lowest BCUT2D eigenvalue weighted by Crippen LogP contribution is -1.98. The van der Waals surface area contributed by atoms with Crippen LogP contribution in [0.15, 0.2) is 45.6 Å². The van der Waals surface area contributed by atoms with Crippen LogP contribution in [0.4, 0.5) is 10.8 Å². The Labute approximate surface area is 142 Å². The summed E-state index contributed by atoms with van der Waals surface area (Å²) >= 11 is 1.62. The molecule has 0 fully saturated rings. The van der Waals surface area contributed by atoms with Crippen molar-refractivity contribution in [3.8, 4) is 0 Å². The fraction of sp³-hybridized carbons (Fsp3) is 0.158. The first-order valence-electron chi connectivity index (χ1n) is 7.69. The quantitative estimate of drug-likeness (QED) is 0.519. The molecule has 0 aliphatic heterocycles. The highest BCUT2D eigenvalue weighted by Crippen LogP contribution is 2.32. The van der Waals surface area contributed by atoms with Gasteiger partial charge in [-0.25, -0.2) is 9.78 Å². The van der Waals surface area contributed by atoms with Crippen molar-refractivity contribution in [1.29, 1.82) is 0 Å². The van der Waals surface area contributed by atoms with Crippen LogP contribution in [0.25, 0.3) is 21.2 Å².